The minimum atomic E-state index is -0.950. The van der Waals surface area contributed by atoms with Crippen LogP contribution in [0.25, 0.3) is 6.08 Å². The number of amides is 2. The van der Waals surface area contributed by atoms with Crippen molar-refractivity contribution < 1.29 is 34.4 Å². The van der Waals surface area contributed by atoms with Crippen molar-refractivity contribution in [2.24, 2.45) is 17.8 Å². The van der Waals surface area contributed by atoms with Gasteiger partial charge in [0.25, 0.3) is 0 Å². The molecule has 0 saturated carbocycles. The molecular formula is C41H47IN2O7. The third kappa shape index (κ3) is 8.35. The lowest BCUT2D eigenvalue weighted by Crippen LogP contribution is -2.47. The van der Waals surface area contributed by atoms with Gasteiger partial charge >= 0.3 is 0 Å². The van der Waals surface area contributed by atoms with E-state index in [2.05, 4.69) is 39.6 Å². The van der Waals surface area contributed by atoms with Gasteiger partial charge in [-0.15, -0.1) is 0 Å². The number of phenols is 1. The number of halogens is 1. The molecule has 0 aromatic heterocycles. The van der Waals surface area contributed by atoms with E-state index in [1.54, 1.807) is 6.07 Å². The SMILES string of the molecule is COc1cc(/C=C(\C)CC[C@@H](O)C2=C(COc3ccccc3)C[C@H]3C(=O)N(C4CCN(Cc5ccccc5)CC4)C(=O)[C@H]3[C@H]2CO)cc(I)c1O. The number of benzene rings is 3. The molecule has 2 saturated heterocycles. The zero-order valence-corrected chi connectivity index (χ0v) is 31.4. The molecule has 3 aromatic carbocycles. The third-order valence-corrected chi connectivity index (χ3v) is 11.4. The Morgan fingerprint density at radius 2 is 1.71 bits per heavy atom. The van der Waals surface area contributed by atoms with Gasteiger partial charge < -0.3 is 24.8 Å². The normalized spacial score (nSPS) is 22.3. The van der Waals surface area contributed by atoms with E-state index in [-0.39, 0.29) is 36.8 Å². The maximum absolute atomic E-state index is 14.2. The van der Waals surface area contributed by atoms with Crippen molar-refractivity contribution in [1.82, 2.24) is 9.80 Å². The van der Waals surface area contributed by atoms with E-state index in [1.165, 1.54) is 17.6 Å². The van der Waals surface area contributed by atoms with Crippen molar-refractivity contribution in [1.29, 1.82) is 0 Å². The molecule has 2 amide bonds. The smallest absolute Gasteiger partial charge is 0.234 e. The maximum atomic E-state index is 14.2. The Hall–Kier alpha value is -3.71. The number of likely N-dealkylation sites (tertiary alicyclic amines) is 2. The Morgan fingerprint density at radius 3 is 2.37 bits per heavy atom. The molecular weight excluding hydrogens is 759 g/mol. The number of carbonyl (C=O) groups excluding carboxylic acids is 2. The van der Waals surface area contributed by atoms with Crippen LogP contribution in [0, 0.1) is 21.3 Å². The van der Waals surface area contributed by atoms with Gasteiger partial charge in [0.05, 0.1) is 35.2 Å². The van der Waals surface area contributed by atoms with Crippen molar-refractivity contribution in [2.45, 2.75) is 57.7 Å². The Labute approximate surface area is 313 Å². The molecule has 10 heteroatoms. The minimum Gasteiger partial charge on any atom is -0.504 e. The number of carbonyl (C=O) groups is 2. The van der Waals surface area contributed by atoms with Gasteiger partial charge in [0.2, 0.25) is 11.8 Å². The van der Waals surface area contributed by atoms with Crippen molar-refractivity contribution in [3.63, 3.8) is 0 Å². The zero-order valence-electron chi connectivity index (χ0n) is 29.2. The summed E-state index contributed by atoms with van der Waals surface area (Å²) in [4.78, 5) is 32.2. The summed E-state index contributed by atoms with van der Waals surface area (Å²) < 4.78 is 12.2. The minimum absolute atomic E-state index is 0.0955. The Kier molecular flexibility index (Phi) is 12.2. The highest BCUT2D eigenvalue weighted by molar-refractivity contribution is 14.1. The summed E-state index contributed by atoms with van der Waals surface area (Å²) in [6.07, 6.45) is 3.66. The Balaban J connectivity index is 1.20. The number of aromatic hydroxyl groups is 1. The van der Waals surface area contributed by atoms with Crippen LogP contribution < -0.4 is 9.47 Å². The van der Waals surface area contributed by atoms with E-state index in [4.69, 9.17) is 9.47 Å². The van der Waals surface area contributed by atoms with Crippen LogP contribution in [0.15, 0.2) is 89.5 Å². The van der Waals surface area contributed by atoms with Crippen LogP contribution in [0.5, 0.6) is 17.2 Å². The number of phenolic OH excluding ortho intramolecular Hbond substituents is 1. The van der Waals surface area contributed by atoms with Gasteiger partial charge in [0, 0.05) is 31.6 Å². The number of methoxy groups -OCH3 is 1. The predicted molar refractivity (Wildman–Crippen MR) is 204 cm³/mol. The molecule has 0 unspecified atom stereocenters. The Bertz CT molecular complexity index is 1750. The number of aliphatic hydroxyl groups is 2. The lowest BCUT2D eigenvalue weighted by Gasteiger charge is -2.37. The van der Waals surface area contributed by atoms with Gasteiger partial charge in [-0.1, -0.05) is 60.2 Å². The standard InChI is InChI=1S/C41H47IN2O7/c1-26(19-28-20-34(42)39(47)36(21-28)50-2)13-14-35(46)37-29(25-51-31-11-7-4-8-12-31)22-32-38(33(37)24-45)41(49)44(40(32)48)30-15-17-43(18-16-30)23-27-9-5-3-6-10-27/h3-12,19-21,30,32-33,35,38,45-47H,13-18,22-25H2,1-2H3/b26-19+/t32-,33+,35-,38-/m1/s1. The first-order valence-corrected chi connectivity index (χ1v) is 18.8. The number of hydrogen-bond acceptors (Lipinski definition) is 8. The molecule has 6 rings (SSSR count). The number of ether oxygens (including phenoxy) is 2. The second kappa shape index (κ2) is 16.8. The molecule has 3 aliphatic rings. The molecule has 0 bridgehead atoms. The molecule has 2 fully saturated rings. The summed E-state index contributed by atoms with van der Waals surface area (Å²) in [5.74, 6) is -1.28. The topological polar surface area (TPSA) is 120 Å². The van der Waals surface area contributed by atoms with Crippen LogP contribution >= 0.6 is 22.6 Å². The first-order valence-electron chi connectivity index (χ1n) is 17.7. The van der Waals surface area contributed by atoms with Crippen LogP contribution in [0.2, 0.25) is 0 Å². The number of para-hydroxylation sites is 1. The quantitative estimate of drug-likeness (QED) is 0.106. The Morgan fingerprint density at radius 1 is 1.02 bits per heavy atom. The summed E-state index contributed by atoms with van der Waals surface area (Å²) in [7, 11) is 1.51. The molecule has 0 spiro atoms. The van der Waals surface area contributed by atoms with Crippen molar-refractivity contribution in [2.75, 3.05) is 33.4 Å². The van der Waals surface area contributed by atoms with Gasteiger partial charge in [-0.05, 0) is 108 Å². The highest BCUT2D eigenvalue weighted by Gasteiger charge is 2.56. The monoisotopic (exact) mass is 806 g/mol. The van der Waals surface area contributed by atoms with Gasteiger partial charge in [0.15, 0.2) is 11.5 Å². The summed E-state index contributed by atoms with van der Waals surface area (Å²) in [5.41, 5.74) is 4.50. The molecule has 3 N–H and O–H groups in total. The van der Waals surface area contributed by atoms with Gasteiger partial charge in [0.1, 0.15) is 12.4 Å². The molecule has 9 nitrogen and oxygen atoms in total. The fraction of sp³-hybridized carbons (Fsp3) is 0.415. The zero-order chi connectivity index (χ0) is 36.1. The van der Waals surface area contributed by atoms with E-state index in [1.807, 2.05) is 67.6 Å². The third-order valence-electron chi connectivity index (χ3n) is 10.6. The number of rotatable bonds is 13. The molecule has 0 radical (unpaired) electrons. The van der Waals surface area contributed by atoms with E-state index in [0.717, 1.165) is 36.3 Å². The van der Waals surface area contributed by atoms with Crippen LogP contribution in [-0.2, 0) is 16.1 Å². The summed E-state index contributed by atoms with van der Waals surface area (Å²) >= 11 is 2.06. The number of piperidine rings is 1. The average molecular weight is 807 g/mol. The second-order valence-electron chi connectivity index (χ2n) is 13.9. The van der Waals surface area contributed by atoms with Crippen LogP contribution in [0.3, 0.4) is 0 Å². The lowest BCUT2D eigenvalue weighted by molar-refractivity contribution is -0.144. The van der Waals surface area contributed by atoms with Crippen molar-refractivity contribution in [3.8, 4) is 17.2 Å². The fourth-order valence-electron chi connectivity index (χ4n) is 8.05. The number of nitrogens with zero attached hydrogens (tertiary/aromatic N) is 2. The molecule has 2 aliphatic heterocycles. The molecule has 3 aromatic rings. The molecule has 51 heavy (non-hydrogen) atoms. The van der Waals surface area contributed by atoms with Gasteiger partial charge in [-0.25, -0.2) is 0 Å². The summed E-state index contributed by atoms with van der Waals surface area (Å²) in [6.45, 7) is 4.18. The number of hydrogen-bond donors (Lipinski definition) is 3. The van der Waals surface area contributed by atoms with Crippen molar-refractivity contribution >= 4 is 40.5 Å². The van der Waals surface area contributed by atoms with Crippen LogP contribution in [0.1, 0.15) is 50.2 Å². The first-order chi connectivity index (χ1) is 24.7. The van der Waals surface area contributed by atoms with Crippen LogP contribution in [-0.4, -0.2) is 82.5 Å². The molecule has 2 heterocycles. The van der Waals surface area contributed by atoms with E-state index < -0.39 is 23.9 Å². The van der Waals surface area contributed by atoms with Gasteiger partial charge in [-0.2, -0.15) is 0 Å². The maximum Gasteiger partial charge on any atom is 0.234 e. The first kappa shape index (κ1) is 37.1. The van der Waals surface area contributed by atoms with Gasteiger partial charge in [-0.3, -0.25) is 19.4 Å². The van der Waals surface area contributed by atoms with E-state index >= 15 is 0 Å². The van der Waals surface area contributed by atoms with E-state index in [0.29, 0.717) is 52.7 Å². The number of allylic oxidation sites excluding steroid dienone is 1. The predicted octanol–water partition coefficient (Wildman–Crippen LogP) is 6.20. The van der Waals surface area contributed by atoms with E-state index in [9.17, 15) is 24.9 Å². The van der Waals surface area contributed by atoms with Crippen molar-refractivity contribution in [3.05, 3.63) is 104 Å². The van der Waals surface area contributed by atoms with Crippen LogP contribution in [0.4, 0.5) is 0 Å². The second-order valence-corrected chi connectivity index (χ2v) is 15.1. The highest BCUT2D eigenvalue weighted by atomic mass is 127. The fourth-order valence-corrected chi connectivity index (χ4v) is 8.68. The highest BCUT2D eigenvalue weighted by Crippen LogP contribution is 2.47. The lowest BCUT2D eigenvalue weighted by atomic mass is 9.68. The summed E-state index contributed by atoms with van der Waals surface area (Å²) in [5, 5.41) is 33.0. The number of imide groups is 1. The number of fused-ring (bicyclic) bond motifs is 1. The molecule has 1 aliphatic carbocycles. The largest absolute Gasteiger partial charge is 0.504 e. The summed E-state index contributed by atoms with van der Waals surface area (Å²) in [6, 6.07) is 23.1. The molecule has 4 atom stereocenters. The molecule has 270 valence electrons. The average Bonchev–Trinajstić information content (AvgIpc) is 3.39. The number of aliphatic hydroxyl groups excluding tert-OH is 2.